The fourth-order valence-electron chi connectivity index (χ4n) is 4.78. The summed E-state index contributed by atoms with van der Waals surface area (Å²) in [5.74, 6) is 2.05. The van der Waals surface area contributed by atoms with Crippen molar-refractivity contribution in [3.63, 3.8) is 0 Å². The van der Waals surface area contributed by atoms with Crippen molar-refractivity contribution in [2.45, 2.75) is 44.8 Å². The van der Waals surface area contributed by atoms with Gasteiger partial charge in [0.05, 0.1) is 31.2 Å². The van der Waals surface area contributed by atoms with Gasteiger partial charge in [0, 0.05) is 43.2 Å². The van der Waals surface area contributed by atoms with Crippen molar-refractivity contribution < 1.29 is 14.6 Å². The van der Waals surface area contributed by atoms with Crippen molar-refractivity contribution in [1.29, 1.82) is 0 Å². The van der Waals surface area contributed by atoms with Crippen LogP contribution in [0.2, 0.25) is 5.02 Å². The molecule has 12 nitrogen and oxygen atoms in total. The Morgan fingerprint density at radius 1 is 1.24 bits per heavy atom. The van der Waals surface area contributed by atoms with Crippen LogP contribution in [-0.4, -0.2) is 63.3 Å². The number of halogens is 1. The minimum atomic E-state index is -0.287. The molecule has 5 aromatic rings. The van der Waals surface area contributed by atoms with Gasteiger partial charge < -0.3 is 24.5 Å². The monoisotopic (exact) mass is 537 g/mol. The third-order valence-corrected chi connectivity index (χ3v) is 7.09. The van der Waals surface area contributed by atoms with Gasteiger partial charge in [0.1, 0.15) is 22.2 Å². The highest BCUT2D eigenvalue weighted by atomic mass is 35.5. The second-order valence-corrected chi connectivity index (χ2v) is 10.7. The van der Waals surface area contributed by atoms with Crippen molar-refractivity contribution in [3.05, 3.63) is 47.8 Å². The van der Waals surface area contributed by atoms with E-state index in [0.717, 1.165) is 12.1 Å². The molecular weight excluding hydrogens is 510 g/mol. The van der Waals surface area contributed by atoms with Crippen LogP contribution in [0.5, 0.6) is 11.5 Å². The molecule has 0 spiro atoms. The van der Waals surface area contributed by atoms with E-state index in [2.05, 4.69) is 46.1 Å². The maximum atomic E-state index is 9.80. The van der Waals surface area contributed by atoms with Gasteiger partial charge in [-0.2, -0.15) is 15.2 Å². The maximum absolute atomic E-state index is 9.80. The van der Waals surface area contributed by atoms with Crippen LogP contribution in [-0.2, 0) is 17.2 Å². The van der Waals surface area contributed by atoms with E-state index in [-0.39, 0.29) is 24.2 Å². The number of anilines is 2. The lowest BCUT2D eigenvalue weighted by Crippen LogP contribution is -2.29. The molecule has 1 fully saturated rings. The third kappa shape index (κ3) is 4.14. The van der Waals surface area contributed by atoms with E-state index in [1.165, 1.54) is 0 Å². The molecule has 0 bridgehead atoms. The molecule has 0 unspecified atom stereocenters. The molecule has 198 valence electrons. The first-order valence-corrected chi connectivity index (χ1v) is 12.7. The number of aliphatic hydroxyl groups excluding tert-OH is 1. The Kier molecular flexibility index (Phi) is 5.97. The lowest BCUT2D eigenvalue weighted by molar-refractivity contribution is 0.0391. The van der Waals surface area contributed by atoms with E-state index < -0.39 is 0 Å². The predicted molar refractivity (Wildman–Crippen MR) is 141 cm³/mol. The van der Waals surface area contributed by atoms with Gasteiger partial charge in [0.2, 0.25) is 5.95 Å². The van der Waals surface area contributed by atoms with Crippen LogP contribution < -0.4 is 10.1 Å². The van der Waals surface area contributed by atoms with E-state index >= 15 is 0 Å². The summed E-state index contributed by atoms with van der Waals surface area (Å²) >= 11 is 6.78. The number of hydrogen-bond acceptors (Lipinski definition) is 9. The lowest BCUT2D eigenvalue weighted by atomic mass is 9.91. The molecule has 2 N–H and O–H groups in total. The van der Waals surface area contributed by atoms with Gasteiger partial charge in [-0.3, -0.25) is 9.67 Å². The largest absolute Gasteiger partial charge is 0.450 e. The fraction of sp³-hybridized carbons (Fsp3) is 0.400. The fourth-order valence-corrected chi connectivity index (χ4v) is 5.08. The van der Waals surface area contributed by atoms with E-state index in [4.69, 9.17) is 26.2 Å². The summed E-state index contributed by atoms with van der Waals surface area (Å²) in [4.78, 5) is 13.3. The van der Waals surface area contributed by atoms with Crippen LogP contribution in [0.15, 0.2) is 37.1 Å². The molecule has 38 heavy (non-hydrogen) atoms. The second-order valence-electron chi connectivity index (χ2n) is 10.3. The number of aromatic nitrogens is 8. The highest BCUT2D eigenvalue weighted by Gasteiger charge is 2.34. The molecule has 0 aliphatic carbocycles. The normalized spacial score (nSPS) is 18.1. The molecule has 0 radical (unpaired) electrons. The Hall–Kier alpha value is -3.74. The summed E-state index contributed by atoms with van der Waals surface area (Å²) in [6.45, 7) is 6.94. The second kappa shape index (κ2) is 9.22. The van der Waals surface area contributed by atoms with Crippen molar-refractivity contribution in [1.82, 2.24) is 38.9 Å². The molecule has 13 heteroatoms. The zero-order valence-corrected chi connectivity index (χ0v) is 22.2. The van der Waals surface area contributed by atoms with Crippen LogP contribution in [0.1, 0.15) is 38.9 Å². The first kappa shape index (κ1) is 24.6. The number of fused-ring (bicyclic) bond motifs is 2. The van der Waals surface area contributed by atoms with Gasteiger partial charge in [-0.15, -0.1) is 0 Å². The highest BCUT2D eigenvalue weighted by molar-refractivity contribution is 6.36. The van der Waals surface area contributed by atoms with Gasteiger partial charge >= 0.3 is 0 Å². The van der Waals surface area contributed by atoms with Crippen LogP contribution in [0, 0.1) is 0 Å². The van der Waals surface area contributed by atoms with Gasteiger partial charge in [-0.1, -0.05) is 32.4 Å². The average molecular weight is 538 g/mol. The first-order valence-electron chi connectivity index (χ1n) is 12.3. The Balaban J connectivity index is 1.34. The van der Waals surface area contributed by atoms with Crippen LogP contribution in [0.25, 0.3) is 16.7 Å². The summed E-state index contributed by atoms with van der Waals surface area (Å²) < 4.78 is 17.2. The Morgan fingerprint density at radius 3 is 2.87 bits per heavy atom. The number of hydrogen-bond donors (Lipinski definition) is 2. The maximum Gasteiger partial charge on any atom is 0.210 e. The summed E-state index contributed by atoms with van der Waals surface area (Å²) in [6.07, 6.45) is 8.70. The van der Waals surface area contributed by atoms with Crippen LogP contribution in [0.4, 0.5) is 11.8 Å². The number of nitrogens with one attached hydrogen (secondary N) is 1. The number of imidazole rings is 1. The van der Waals surface area contributed by atoms with E-state index in [1.54, 1.807) is 35.5 Å². The summed E-state index contributed by atoms with van der Waals surface area (Å²) in [6, 6.07) is 1.96. The van der Waals surface area contributed by atoms with E-state index in [1.807, 2.05) is 22.4 Å². The Morgan fingerprint density at radius 2 is 2.08 bits per heavy atom. The van der Waals surface area contributed by atoms with Crippen LogP contribution >= 0.6 is 11.6 Å². The van der Waals surface area contributed by atoms with E-state index in [9.17, 15) is 5.11 Å². The molecule has 5 aromatic heterocycles. The van der Waals surface area contributed by atoms with E-state index in [0.29, 0.717) is 51.6 Å². The molecule has 1 saturated heterocycles. The smallest absolute Gasteiger partial charge is 0.210 e. The minimum Gasteiger partial charge on any atom is -0.450 e. The molecule has 0 saturated carbocycles. The summed E-state index contributed by atoms with van der Waals surface area (Å²) in [7, 11) is 1.85. The highest BCUT2D eigenvalue weighted by Crippen LogP contribution is 2.37. The molecule has 1 aliphatic heterocycles. The SMILES string of the molecule is Cn1c(Nc2cc(C(C)(C)C)n([C@@H]3CCO[C@H]3CO)n2)nc2ncc(Oc3cnn4ccncc34)c(Cl)c21. The number of aryl methyl sites for hydroxylation is 1. The Labute approximate surface area is 223 Å². The number of rotatable bonds is 6. The van der Waals surface area contributed by atoms with Gasteiger partial charge in [-0.05, 0) is 6.42 Å². The lowest BCUT2D eigenvalue weighted by Gasteiger charge is -2.25. The molecule has 1 aliphatic rings. The molecule has 0 amide bonds. The van der Waals surface area contributed by atoms with Gasteiger partial charge in [0.25, 0.3) is 0 Å². The van der Waals surface area contributed by atoms with Crippen molar-refractivity contribution in [2.75, 3.05) is 18.5 Å². The summed E-state index contributed by atoms with van der Waals surface area (Å²) in [5.41, 5.74) is 2.64. The van der Waals surface area contributed by atoms with Gasteiger partial charge in [0.15, 0.2) is 23.0 Å². The predicted octanol–water partition coefficient (Wildman–Crippen LogP) is 4.02. The van der Waals surface area contributed by atoms with Crippen LogP contribution in [0.3, 0.4) is 0 Å². The third-order valence-electron chi connectivity index (χ3n) is 6.73. The van der Waals surface area contributed by atoms with Crippen molar-refractivity contribution in [2.24, 2.45) is 7.05 Å². The van der Waals surface area contributed by atoms with Gasteiger partial charge in [-0.25, -0.2) is 9.50 Å². The number of pyridine rings is 1. The first-order chi connectivity index (χ1) is 18.2. The Bertz CT molecular complexity index is 1630. The number of aliphatic hydroxyl groups is 1. The quantitative estimate of drug-likeness (QED) is 0.330. The number of ether oxygens (including phenoxy) is 2. The van der Waals surface area contributed by atoms with Crippen molar-refractivity contribution >= 4 is 40.0 Å². The molecule has 6 rings (SSSR count). The standard InChI is InChI=1S/C25H28ClN9O3/c1-25(2,3)19-9-20(32-35(19)14-5-8-37-18(14)13-36)30-24-31-23-22(33(24)4)21(26)17(11-28-23)38-16-12-29-34-7-6-27-10-15(16)34/h6-7,9-12,14,18,36H,5,8,13H2,1-4H3,(H,28,30,31,32)/t14-,18+/m1/s1. The average Bonchev–Trinajstić information content (AvgIpc) is 3.67. The van der Waals surface area contributed by atoms with Crippen molar-refractivity contribution in [3.8, 4) is 11.5 Å². The zero-order chi connectivity index (χ0) is 26.6. The minimum absolute atomic E-state index is 0.0452. The molecule has 0 aromatic carbocycles. The molecule has 6 heterocycles. The molecular formula is C25H28ClN9O3. The topological polar surface area (TPSA) is 129 Å². The number of nitrogens with zero attached hydrogens (tertiary/aromatic N) is 8. The summed E-state index contributed by atoms with van der Waals surface area (Å²) in [5, 5.41) is 22.6. The molecule has 2 atom stereocenters. The zero-order valence-electron chi connectivity index (χ0n) is 21.5.